The first-order valence-electron chi connectivity index (χ1n) is 10.4. The minimum atomic E-state index is 0.916. The number of anilines is 2. The molecule has 0 unspecified atom stereocenters. The van der Waals surface area contributed by atoms with Gasteiger partial charge in [-0.05, 0) is 60.5 Å². The average molecular weight is 399 g/mol. The number of aromatic nitrogens is 1. The summed E-state index contributed by atoms with van der Waals surface area (Å²) in [4.78, 5) is 4.23. The van der Waals surface area contributed by atoms with E-state index in [2.05, 4.69) is 141 Å². The van der Waals surface area contributed by atoms with E-state index >= 15 is 0 Å². The zero-order valence-electron chi connectivity index (χ0n) is 18.7. The Morgan fingerprint density at radius 3 is 1.33 bits per heavy atom. The molecule has 0 N–H and O–H groups in total. The van der Waals surface area contributed by atoms with Crippen LogP contribution in [0.1, 0.15) is 29.4 Å². The van der Waals surface area contributed by atoms with Crippen molar-refractivity contribution >= 4 is 35.7 Å². The molecule has 0 saturated carbocycles. The van der Waals surface area contributed by atoms with Crippen molar-refractivity contribution in [3.63, 3.8) is 0 Å². The van der Waals surface area contributed by atoms with Crippen molar-refractivity contribution < 1.29 is 4.57 Å². The van der Waals surface area contributed by atoms with Crippen LogP contribution in [0.3, 0.4) is 0 Å². The molecule has 3 aromatic rings. The Kier molecular flexibility index (Phi) is 7.08. The van der Waals surface area contributed by atoms with Crippen LogP contribution in [0.2, 0.25) is 0 Å². The molecule has 0 aliphatic heterocycles. The van der Waals surface area contributed by atoms with Gasteiger partial charge in [0, 0.05) is 63.9 Å². The van der Waals surface area contributed by atoms with Crippen molar-refractivity contribution in [2.24, 2.45) is 0 Å². The lowest BCUT2D eigenvalue weighted by atomic mass is 10.1. The molecule has 0 atom stereocenters. The van der Waals surface area contributed by atoms with Crippen LogP contribution in [0.5, 0.6) is 0 Å². The molecule has 0 bridgehead atoms. The number of benzene rings is 2. The summed E-state index contributed by atoms with van der Waals surface area (Å²) in [7, 11) is 8.24. The van der Waals surface area contributed by atoms with Gasteiger partial charge in [-0.25, -0.2) is 0 Å². The average Bonchev–Trinajstić information content (AvgIpc) is 2.76. The van der Waals surface area contributed by atoms with Gasteiger partial charge in [0.1, 0.15) is 6.54 Å². The van der Waals surface area contributed by atoms with E-state index in [-0.39, 0.29) is 0 Å². The lowest BCUT2D eigenvalue weighted by molar-refractivity contribution is -0.696. The summed E-state index contributed by atoms with van der Waals surface area (Å²) >= 11 is 0. The zero-order chi connectivity index (χ0) is 21.5. The highest BCUT2D eigenvalue weighted by atomic mass is 15.1. The van der Waals surface area contributed by atoms with Crippen molar-refractivity contribution in [1.82, 2.24) is 0 Å². The molecule has 30 heavy (non-hydrogen) atoms. The van der Waals surface area contributed by atoms with Gasteiger partial charge >= 0.3 is 0 Å². The first-order valence-corrected chi connectivity index (χ1v) is 10.4. The molecule has 3 nitrogen and oxygen atoms in total. The number of hydrogen-bond acceptors (Lipinski definition) is 2. The van der Waals surface area contributed by atoms with E-state index in [9.17, 15) is 0 Å². The molecule has 0 saturated heterocycles. The molecule has 3 rings (SSSR count). The Hall–Kier alpha value is -3.33. The van der Waals surface area contributed by atoms with E-state index in [4.69, 9.17) is 0 Å². The van der Waals surface area contributed by atoms with Gasteiger partial charge in [-0.3, -0.25) is 0 Å². The van der Waals surface area contributed by atoms with Crippen LogP contribution in [-0.2, 0) is 6.54 Å². The second kappa shape index (κ2) is 9.93. The fraction of sp³-hybridized carbons (Fsp3) is 0.222. The van der Waals surface area contributed by atoms with E-state index in [0.29, 0.717) is 0 Å². The largest absolute Gasteiger partial charge is 0.378 e. The third-order valence-corrected chi connectivity index (χ3v) is 5.19. The van der Waals surface area contributed by atoms with Gasteiger partial charge in [-0.2, -0.15) is 4.57 Å². The smallest absolute Gasteiger partial charge is 0.205 e. The maximum atomic E-state index is 2.33. The van der Waals surface area contributed by atoms with Gasteiger partial charge in [0.2, 0.25) is 11.4 Å². The normalized spacial score (nSPS) is 11.4. The van der Waals surface area contributed by atoms with Crippen LogP contribution in [0.15, 0.2) is 66.7 Å². The molecule has 3 heteroatoms. The van der Waals surface area contributed by atoms with Crippen molar-refractivity contribution in [2.45, 2.75) is 13.5 Å². The maximum absolute atomic E-state index is 2.33. The summed E-state index contributed by atoms with van der Waals surface area (Å²) in [6, 6.07) is 23.7. The Balaban J connectivity index is 1.81. The van der Waals surface area contributed by atoms with Crippen LogP contribution in [0, 0.1) is 0 Å². The number of rotatable bonds is 7. The molecular formula is C27H32N3+. The highest BCUT2D eigenvalue weighted by Crippen LogP contribution is 2.16. The molecule has 0 amide bonds. The quantitative estimate of drug-likeness (QED) is 0.489. The maximum Gasteiger partial charge on any atom is 0.205 e. The Bertz CT molecular complexity index is 931. The Morgan fingerprint density at radius 1 is 0.600 bits per heavy atom. The highest BCUT2D eigenvalue weighted by Gasteiger charge is 2.10. The zero-order valence-corrected chi connectivity index (χ0v) is 18.7. The summed E-state index contributed by atoms with van der Waals surface area (Å²) in [6.45, 7) is 3.10. The molecule has 2 aromatic carbocycles. The standard InChI is InChI=1S/C27H32N3/c1-6-30-26(20-14-22-10-16-24(17-11-22)28(2)3)8-7-9-27(30)21-15-23-12-18-25(19-13-23)29(4)5/h7-21H,6H2,1-5H3/q+1. The van der Waals surface area contributed by atoms with Crippen LogP contribution in [0.25, 0.3) is 24.3 Å². The molecule has 0 fully saturated rings. The predicted molar refractivity (Wildman–Crippen MR) is 132 cm³/mol. The van der Waals surface area contributed by atoms with Crippen LogP contribution >= 0.6 is 0 Å². The van der Waals surface area contributed by atoms with E-state index < -0.39 is 0 Å². The lowest BCUT2D eigenvalue weighted by Gasteiger charge is -2.11. The molecular weight excluding hydrogens is 366 g/mol. The fourth-order valence-electron chi connectivity index (χ4n) is 3.36. The van der Waals surface area contributed by atoms with E-state index in [1.807, 2.05) is 0 Å². The topological polar surface area (TPSA) is 10.4 Å². The molecule has 0 spiro atoms. The molecule has 0 aliphatic carbocycles. The van der Waals surface area contributed by atoms with Gasteiger partial charge in [0.15, 0.2) is 0 Å². The van der Waals surface area contributed by atoms with Gasteiger partial charge in [0.05, 0.1) is 0 Å². The van der Waals surface area contributed by atoms with Crippen LogP contribution in [-0.4, -0.2) is 28.2 Å². The van der Waals surface area contributed by atoms with E-state index in [1.165, 1.54) is 33.9 Å². The summed E-state index contributed by atoms with van der Waals surface area (Å²) in [5.41, 5.74) is 7.21. The van der Waals surface area contributed by atoms with E-state index in [1.54, 1.807) is 0 Å². The monoisotopic (exact) mass is 398 g/mol. The molecule has 1 aromatic heterocycles. The molecule has 0 aliphatic rings. The van der Waals surface area contributed by atoms with Crippen LogP contribution in [0.4, 0.5) is 11.4 Å². The van der Waals surface area contributed by atoms with E-state index in [0.717, 1.165) is 6.54 Å². The van der Waals surface area contributed by atoms with Crippen molar-refractivity contribution in [3.05, 3.63) is 89.2 Å². The van der Waals surface area contributed by atoms with Crippen molar-refractivity contribution in [3.8, 4) is 0 Å². The summed E-state index contributed by atoms with van der Waals surface area (Å²) in [6.07, 6.45) is 8.73. The van der Waals surface area contributed by atoms with Gasteiger partial charge in [-0.1, -0.05) is 24.3 Å². The number of hydrogen-bond donors (Lipinski definition) is 0. The second-order valence-corrected chi connectivity index (χ2v) is 7.76. The van der Waals surface area contributed by atoms with Crippen molar-refractivity contribution in [1.29, 1.82) is 0 Å². The van der Waals surface area contributed by atoms with Crippen LogP contribution < -0.4 is 14.4 Å². The Labute approximate surface area is 181 Å². The third-order valence-electron chi connectivity index (χ3n) is 5.19. The first-order chi connectivity index (χ1) is 14.5. The minimum Gasteiger partial charge on any atom is -0.378 e. The predicted octanol–water partition coefficient (Wildman–Crippen LogP) is 5.47. The number of pyridine rings is 1. The minimum absolute atomic E-state index is 0.916. The highest BCUT2D eigenvalue weighted by molar-refractivity contribution is 5.70. The molecule has 1 heterocycles. The molecule has 154 valence electrons. The Morgan fingerprint density at radius 2 is 1.00 bits per heavy atom. The van der Waals surface area contributed by atoms with Gasteiger partial charge in [-0.15, -0.1) is 0 Å². The van der Waals surface area contributed by atoms with Gasteiger partial charge < -0.3 is 9.80 Å². The molecule has 0 radical (unpaired) electrons. The number of nitrogens with zero attached hydrogens (tertiary/aromatic N) is 3. The summed E-state index contributed by atoms with van der Waals surface area (Å²) in [5.74, 6) is 0. The summed E-state index contributed by atoms with van der Waals surface area (Å²) < 4.78 is 2.33. The third kappa shape index (κ3) is 5.38. The second-order valence-electron chi connectivity index (χ2n) is 7.76. The summed E-state index contributed by atoms with van der Waals surface area (Å²) in [5, 5.41) is 0. The first kappa shape index (κ1) is 21.4. The SMILES string of the molecule is CC[n+]1c(C=Cc2ccc(N(C)C)cc2)cccc1C=Cc1ccc(N(C)C)cc1. The van der Waals surface area contributed by atoms with Gasteiger partial charge in [0.25, 0.3) is 0 Å². The fourth-order valence-corrected chi connectivity index (χ4v) is 3.36. The van der Waals surface area contributed by atoms with Crippen molar-refractivity contribution in [2.75, 3.05) is 38.0 Å². The lowest BCUT2D eigenvalue weighted by Crippen LogP contribution is -2.38.